The Balaban J connectivity index is 4.11. The van der Waals surface area contributed by atoms with Crippen LogP contribution < -0.4 is 5.73 Å². The van der Waals surface area contributed by atoms with Crippen LogP contribution in [0, 0.1) is 0 Å². The third-order valence-corrected chi connectivity index (χ3v) is 11.8. The van der Waals surface area contributed by atoms with Crippen molar-refractivity contribution in [3.63, 3.8) is 0 Å². The Morgan fingerprint density at radius 1 is 0.525 bits per heavy atom. The molecule has 0 aliphatic rings. The highest BCUT2D eigenvalue weighted by molar-refractivity contribution is 7.47. The van der Waals surface area contributed by atoms with Crippen LogP contribution in [0.4, 0.5) is 0 Å². The summed E-state index contributed by atoms with van der Waals surface area (Å²) in [6, 6.07) is -1.47. The van der Waals surface area contributed by atoms with Gasteiger partial charge in [0, 0.05) is 13.0 Å². The van der Waals surface area contributed by atoms with Crippen LogP contribution in [0.25, 0.3) is 0 Å². The molecule has 0 bridgehead atoms. The van der Waals surface area contributed by atoms with Crippen LogP contribution >= 0.6 is 7.82 Å². The van der Waals surface area contributed by atoms with Gasteiger partial charge in [-0.15, -0.1) is 0 Å². The van der Waals surface area contributed by atoms with Crippen LogP contribution in [0.15, 0.2) is 36.5 Å². The number of hydrogen-bond donors (Lipinski definition) is 3. The maximum absolute atomic E-state index is 12.7. The van der Waals surface area contributed by atoms with E-state index in [1.165, 1.54) is 148 Å². The molecule has 0 aromatic carbocycles. The van der Waals surface area contributed by atoms with E-state index in [0.717, 1.165) is 57.8 Å². The molecule has 0 aromatic rings. The lowest BCUT2D eigenvalue weighted by atomic mass is 10.0. The smallest absolute Gasteiger partial charge is 0.472 e. The molecule has 0 aromatic heterocycles. The summed E-state index contributed by atoms with van der Waals surface area (Å²) in [4.78, 5) is 33.6. The highest BCUT2D eigenvalue weighted by Crippen LogP contribution is 2.43. The third kappa shape index (κ3) is 46.0. The Bertz CT molecular complexity index is 1110. The topological polar surface area (TPSA) is 155 Å². The van der Waals surface area contributed by atoms with Gasteiger partial charge in [-0.2, -0.15) is 0 Å². The molecule has 0 heterocycles. The zero-order valence-electron chi connectivity index (χ0n) is 39.3. The predicted molar refractivity (Wildman–Crippen MR) is 254 cm³/mol. The number of unbranched alkanes of at least 4 members (excludes halogenated alkanes) is 28. The highest BCUT2D eigenvalue weighted by Gasteiger charge is 2.27. The minimum absolute atomic E-state index is 0.0143. The first kappa shape index (κ1) is 59.2. The van der Waals surface area contributed by atoms with Crippen LogP contribution in [0.5, 0.6) is 0 Å². The van der Waals surface area contributed by atoms with Crippen molar-refractivity contribution in [3.8, 4) is 0 Å². The fourth-order valence-electron chi connectivity index (χ4n) is 6.98. The van der Waals surface area contributed by atoms with Gasteiger partial charge in [0.15, 0.2) is 0 Å². The van der Waals surface area contributed by atoms with Crippen LogP contribution in [0.3, 0.4) is 0 Å². The largest absolute Gasteiger partial charge is 0.480 e. The van der Waals surface area contributed by atoms with Gasteiger partial charge >= 0.3 is 19.8 Å². The third-order valence-electron chi connectivity index (χ3n) is 10.9. The van der Waals surface area contributed by atoms with E-state index in [0.29, 0.717) is 13.0 Å². The lowest BCUT2D eigenvalue weighted by molar-refractivity contribution is -0.154. The van der Waals surface area contributed by atoms with Crippen molar-refractivity contribution in [2.45, 2.75) is 244 Å². The van der Waals surface area contributed by atoms with E-state index in [1.807, 2.05) is 0 Å². The Hall–Kier alpha value is -1.81. The summed E-state index contributed by atoms with van der Waals surface area (Å²) < 4.78 is 33.5. The van der Waals surface area contributed by atoms with Crippen molar-refractivity contribution < 1.29 is 42.7 Å². The van der Waals surface area contributed by atoms with Gasteiger partial charge in [0.25, 0.3) is 0 Å². The van der Waals surface area contributed by atoms with Gasteiger partial charge < -0.3 is 25.2 Å². The number of aliphatic carboxylic acids is 1. The summed E-state index contributed by atoms with van der Waals surface area (Å²) in [5, 5.41) is 8.92. The van der Waals surface area contributed by atoms with E-state index >= 15 is 0 Å². The molecule has 10 nitrogen and oxygen atoms in total. The first-order valence-corrected chi connectivity index (χ1v) is 26.5. The molecule has 0 radical (unpaired) electrons. The molecule has 4 N–H and O–H groups in total. The van der Waals surface area contributed by atoms with Crippen molar-refractivity contribution in [1.29, 1.82) is 0 Å². The van der Waals surface area contributed by atoms with Gasteiger partial charge in [0.2, 0.25) is 0 Å². The van der Waals surface area contributed by atoms with E-state index in [9.17, 15) is 19.0 Å². The molecule has 3 unspecified atom stereocenters. The molecule has 0 fully saturated rings. The normalized spacial score (nSPS) is 14.0. The van der Waals surface area contributed by atoms with E-state index in [1.54, 1.807) is 0 Å². The highest BCUT2D eigenvalue weighted by atomic mass is 31.2. The second-order valence-electron chi connectivity index (χ2n) is 16.9. The summed E-state index contributed by atoms with van der Waals surface area (Å²) in [7, 11) is -4.62. The fraction of sp³-hybridized carbons (Fsp3) is 0.840. The molecular weight excluding hydrogens is 790 g/mol. The second-order valence-corrected chi connectivity index (χ2v) is 18.4. The number of carbonyl (C=O) groups is 2. The van der Waals surface area contributed by atoms with Gasteiger partial charge in [-0.25, -0.2) is 4.57 Å². The van der Waals surface area contributed by atoms with Gasteiger partial charge in [0.05, 0.1) is 19.8 Å². The number of carbonyl (C=O) groups excluding carboxylic acids is 1. The van der Waals surface area contributed by atoms with Crippen LogP contribution in [0.2, 0.25) is 0 Å². The lowest BCUT2D eigenvalue weighted by Crippen LogP contribution is -2.34. The van der Waals surface area contributed by atoms with Gasteiger partial charge in [0.1, 0.15) is 12.1 Å². The maximum Gasteiger partial charge on any atom is 0.472 e. The monoisotopic (exact) mass is 884 g/mol. The number of hydrogen-bond acceptors (Lipinski definition) is 8. The SMILES string of the molecule is CCCCCCC/C=C\C/C=C\CCCCCCCCCCCCCCOCC(COP(=O)(O)OCC(N)C(=O)O)OC(=O)CCCCCCC/C=C\CCCCCCCC. The van der Waals surface area contributed by atoms with Gasteiger partial charge in [-0.05, 0) is 70.6 Å². The number of phosphoric ester groups is 1. The zero-order chi connectivity index (χ0) is 44.8. The van der Waals surface area contributed by atoms with E-state index in [-0.39, 0.29) is 13.0 Å². The molecule has 11 heteroatoms. The van der Waals surface area contributed by atoms with Crippen LogP contribution in [-0.2, 0) is 32.7 Å². The second kappa shape index (κ2) is 46.2. The van der Waals surface area contributed by atoms with Crippen LogP contribution in [0.1, 0.15) is 232 Å². The summed E-state index contributed by atoms with van der Waals surface area (Å²) >= 11 is 0. The molecule has 0 aliphatic heterocycles. The number of nitrogens with two attached hydrogens (primary N) is 1. The number of carboxylic acids is 1. The number of allylic oxidation sites excluding steroid dienone is 6. The molecule has 0 saturated heterocycles. The van der Waals surface area contributed by atoms with E-state index in [4.69, 9.17) is 29.4 Å². The summed E-state index contributed by atoms with van der Waals surface area (Å²) in [6.45, 7) is 3.88. The van der Waals surface area contributed by atoms with Gasteiger partial charge in [-0.3, -0.25) is 18.6 Å². The Morgan fingerprint density at radius 2 is 0.902 bits per heavy atom. The number of esters is 1. The van der Waals surface area contributed by atoms with Crippen LogP contribution in [-0.4, -0.2) is 60.5 Å². The molecule has 358 valence electrons. The van der Waals surface area contributed by atoms with Crippen molar-refractivity contribution in [2.24, 2.45) is 5.73 Å². The summed E-state index contributed by atoms with van der Waals surface area (Å²) in [6.07, 6.45) is 53.4. The quantitative estimate of drug-likeness (QED) is 0.0233. The van der Waals surface area contributed by atoms with Crippen molar-refractivity contribution in [1.82, 2.24) is 0 Å². The molecule has 61 heavy (non-hydrogen) atoms. The summed E-state index contributed by atoms with van der Waals surface area (Å²) in [5.74, 6) is -1.78. The fourth-order valence-corrected chi connectivity index (χ4v) is 7.76. The number of rotatable bonds is 48. The van der Waals surface area contributed by atoms with Gasteiger partial charge in [-0.1, -0.05) is 192 Å². The van der Waals surface area contributed by atoms with Crippen molar-refractivity contribution >= 4 is 19.8 Å². The molecule has 0 rings (SSSR count). The lowest BCUT2D eigenvalue weighted by Gasteiger charge is -2.20. The first-order valence-electron chi connectivity index (χ1n) is 25.0. The minimum Gasteiger partial charge on any atom is -0.480 e. The minimum atomic E-state index is -4.62. The first-order chi connectivity index (χ1) is 29.7. The Kier molecular flexibility index (Phi) is 44.8. The molecule has 0 amide bonds. The van der Waals surface area contributed by atoms with E-state index < -0.39 is 45.1 Å². The average molecular weight is 884 g/mol. The van der Waals surface area contributed by atoms with E-state index in [2.05, 4.69) is 50.3 Å². The number of carboxylic acid groups (broad SMARTS) is 1. The molecule has 0 aliphatic carbocycles. The maximum atomic E-state index is 12.7. The Morgan fingerprint density at radius 3 is 1.34 bits per heavy atom. The number of phosphoric acid groups is 1. The molecule has 3 atom stereocenters. The number of ether oxygens (including phenoxy) is 2. The predicted octanol–water partition coefficient (Wildman–Crippen LogP) is 14.4. The zero-order valence-corrected chi connectivity index (χ0v) is 40.2. The summed E-state index contributed by atoms with van der Waals surface area (Å²) in [5.41, 5.74) is 5.37. The molecular formula is C50H94NO9P. The molecule has 0 spiro atoms. The molecule has 0 saturated carbocycles. The van der Waals surface area contributed by atoms with Crippen molar-refractivity contribution in [3.05, 3.63) is 36.5 Å². The standard InChI is InChI=1S/C50H94NO9P/c1-3-5-7-9-11-13-15-17-19-20-21-22-23-24-25-26-27-29-31-33-35-37-39-41-43-57-44-47(45-58-61(55,56)59-46-48(51)50(53)54)60-49(52)42-40-38-36-34-32-30-28-18-16-14-12-10-8-6-4-2/h15,17-18,20-21,28,47-48H,3-14,16,19,22-27,29-46,51H2,1-2H3,(H,53,54)(H,55,56)/b17-15-,21-20-,28-18-. The Labute approximate surface area is 374 Å². The average Bonchev–Trinajstić information content (AvgIpc) is 3.24. The van der Waals surface area contributed by atoms with Crippen molar-refractivity contribution in [2.75, 3.05) is 26.4 Å².